The van der Waals surface area contributed by atoms with E-state index in [1.165, 1.54) is 12.8 Å². The summed E-state index contributed by atoms with van der Waals surface area (Å²) in [5.74, 6) is 0.777. The summed E-state index contributed by atoms with van der Waals surface area (Å²) in [6.07, 6.45) is 7.95. The fourth-order valence-electron chi connectivity index (χ4n) is 1.59. The van der Waals surface area contributed by atoms with Gasteiger partial charge in [0.15, 0.2) is 0 Å². The van der Waals surface area contributed by atoms with E-state index < -0.39 is 0 Å². The third-order valence-corrected chi connectivity index (χ3v) is 2.94. The third kappa shape index (κ3) is 4.56. The molecule has 1 amide bonds. The van der Waals surface area contributed by atoms with Crippen LogP contribution in [0.2, 0.25) is 0 Å². The first-order valence-corrected chi connectivity index (χ1v) is 6.03. The number of halogens is 1. The summed E-state index contributed by atoms with van der Waals surface area (Å²) in [5.41, 5.74) is 0. The summed E-state index contributed by atoms with van der Waals surface area (Å²) in [4.78, 5) is 13.6. The van der Waals surface area contributed by atoms with Gasteiger partial charge in [0.05, 0.1) is 13.7 Å². The lowest BCUT2D eigenvalue weighted by Gasteiger charge is -2.13. The first-order chi connectivity index (χ1) is 8.16. The molecule has 6 heteroatoms. The van der Waals surface area contributed by atoms with Gasteiger partial charge in [-0.15, -0.1) is 0 Å². The van der Waals surface area contributed by atoms with Crippen LogP contribution in [0.25, 0.3) is 0 Å². The number of carbonyl (C=O) groups is 1. The van der Waals surface area contributed by atoms with Crippen molar-refractivity contribution in [2.75, 3.05) is 26.8 Å². The van der Waals surface area contributed by atoms with Crippen LogP contribution in [0.4, 0.5) is 4.79 Å². The Bertz CT molecular complexity index is 390. The van der Waals surface area contributed by atoms with Crippen LogP contribution >= 0.6 is 0 Å². The molecule has 1 fully saturated rings. The molecule has 1 aliphatic carbocycles. The zero-order chi connectivity index (χ0) is 12.3. The second kappa shape index (κ2) is 7.08. The van der Waals surface area contributed by atoms with E-state index in [-0.39, 0.29) is 30.0 Å². The van der Waals surface area contributed by atoms with Crippen LogP contribution in [0.5, 0.6) is 0 Å². The molecule has 1 saturated carbocycles. The van der Waals surface area contributed by atoms with E-state index in [1.54, 1.807) is 29.0 Å². The number of hydrogen-bond donors (Lipinski definition) is 0. The highest BCUT2D eigenvalue weighted by Gasteiger charge is 2.21. The quantitative estimate of drug-likeness (QED) is 0.333. The molecular weight excluding hydrogens is 345 g/mol. The number of likely N-dealkylation sites (N-methyl/N-ethyl adjacent to an activating group) is 1. The summed E-state index contributed by atoms with van der Waals surface area (Å²) in [7, 11) is 3.69. The van der Waals surface area contributed by atoms with Gasteiger partial charge in [-0.2, -0.15) is 4.57 Å². The van der Waals surface area contributed by atoms with Crippen molar-refractivity contribution in [2.24, 2.45) is 13.0 Å². The summed E-state index contributed by atoms with van der Waals surface area (Å²) in [6, 6.07) is -0.0272. The molecule has 18 heavy (non-hydrogen) atoms. The first kappa shape index (κ1) is 15.4. The average molecular weight is 365 g/mol. The van der Waals surface area contributed by atoms with Crippen molar-refractivity contribution in [3.8, 4) is 0 Å². The fourth-order valence-corrected chi connectivity index (χ4v) is 1.59. The van der Waals surface area contributed by atoms with Crippen LogP contribution < -0.4 is 28.5 Å². The Morgan fingerprint density at radius 1 is 1.56 bits per heavy atom. The summed E-state index contributed by atoms with van der Waals surface area (Å²) in [6.45, 7) is 2.10. The molecule has 0 aliphatic heterocycles. The van der Waals surface area contributed by atoms with Crippen LogP contribution in [-0.2, 0) is 11.8 Å². The number of aromatic nitrogens is 2. The molecule has 0 aromatic carbocycles. The van der Waals surface area contributed by atoms with Crippen molar-refractivity contribution in [2.45, 2.75) is 12.8 Å². The van der Waals surface area contributed by atoms with Crippen molar-refractivity contribution < 1.29 is 38.1 Å². The summed E-state index contributed by atoms with van der Waals surface area (Å²) >= 11 is 0. The Kier molecular flexibility index (Phi) is 6.07. The third-order valence-electron chi connectivity index (χ3n) is 2.94. The number of nitrogens with zero attached hydrogens (tertiary/aromatic N) is 3. The van der Waals surface area contributed by atoms with Crippen molar-refractivity contribution >= 4 is 6.03 Å². The first-order valence-electron chi connectivity index (χ1n) is 6.03. The highest BCUT2D eigenvalue weighted by Crippen LogP contribution is 2.28. The van der Waals surface area contributed by atoms with Crippen molar-refractivity contribution in [3.63, 3.8) is 0 Å². The number of carbonyl (C=O) groups excluding carboxylic acids is 1. The molecule has 2 rings (SSSR count). The lowest BCUT2D eigenvalue weighted by molar-refractivity contribution is -0.670. The minimum absolute atomic E-state index is 0. The summed E-state index contributed by atoms with van der Waals surface area (Å²) < 4.78 is 8.92. The smallest absolute Gasteiger partial charge is 0.415 e. The minimum atomic E-state index is -0.0272. The molecule has 1 aromatic rings. The standard InChI is InChI=1S/C12H20N3O2.HI/c1-13-5-6-15(10-13)12(16)14(2)7-8-17-9-11-3-4-11;/h5-6,10-11H,3-4,7-9H2,1-2H3;1H/q+1;/p-1. The number of hydrogen-bond acceptors (Lipinski definition) is 2. The summed E-state index contributed by atoms with van der Waals surface area (Å²) in [5, 5.41) is 0. The number of amides is 1. The lowest BCUT2D eigenvalue weighted by atomic mass is 10.5. The topological polar surface area (TPSA) is 38.4 Å². The SMILES string of the molecule is CN(CCOCC1CC1)C(=O)n1cc[n+](C)c1.[I-]. The molecule has 102 valence electrons. The van der Waals surface area contributed by atoms with E-state index >= 15 is 0 Å². The molecule has 0 saturated heterocycles. The van der Waals surface area contributed by atoms with Crippen LogP contribution in [0, 0.1) is 5.92 Å². The van der Waals surface area contributed by atoms with Gasteiger partial charge in [-0.25, -0.2) is 9.36 Å². The predicted molar refractivity (Wildman–Crippen MR) is 62.6 cm³/mol. The molecule has 0 bridgehead atoms. The molecule has 1 aromatic heterocycles. The Labute approximate surface area is 125 Å². The predicted octanol–water partition coefficient (Wildman–Crippen LogP) is -2.36. The molecular formula is C12H20IN3O2. The van der Waals surface area contributed by atoms with Gasteiger partial charge in [-0.1, -0.05) is 0 Å². The van der Waals surface area contributed by atoms with Gasteiger partial charge in [0.1, 0.15) is 12.4 Å². The number of aryl methyl sites for hydroxylation is 1. The molecule has 5 nitrogen and oxygen atoms in total. The van der Waals surface area contributed by atoms with Crippen molar-refractivity contribution in [1.29, 1.82) is 0 Å². The molecule has 0 N–H and O–H groups in total. The number of ether oxygens (including phenoxy) is 1. The molecule has 1 aliphatic rings. The molecule has 0 unspecified atom stereocenters. The van der Waals surface area contributed by atoms with Gasteiger partial charge >= 0.3 is 6.03 Å². The second-order valence-electron chi connectivity index (χ2n) is 4.71. The number of imidazole rings is 1. The van der Waals surface area contributed by atoms with Crippen LogP contribution in [-0.4, -0.2) is 42.3 Å². The van der Waals surface area contributed by atoms with E-state index in [2.05, 4.69) is 0 Å². The Morgan fingerprint density at radius 2 is 2.28 bits per heavy atom. The zero-order valence-electron chi connectivity index (χ0n) is 10.9. The highest BCUT2D eigenvalue weighted by atomic mass is 127. The van der Waals surface area contributed by atoms with Crippen molar-refractivity contribution in [3.05, 3.63) is 18.7 Å². The molecule has 0 radical (unpaired) electrons. The van der Waals surface area contributed by atoms with Crippen LogP contribution in [0.15, 0.2) is 18.7 Å². The monoisotopic (exact) mass is 365 g/mol. The molecule has 0 spiro atoms. The Hall–Kier alpha value is -0.630. The molecule has 1 heterocycles. The van der Waals surface area contributed by atoms with Crippen LogP contribution in [0.1, 0.15) is 12.8 Å². The van der Waals surface area contributed by atoms with E-state index in [1.807, 2.05) is 17.8 Å². The second-order valence-corrected chi connectivity index (χ2v) is 4.71. The lowest BCUT2D eigenvalue weighted by Crippen LogP contribution is -3.00. The Balaban J connectivity index is 0.00000162. The fraction of sp³-hybridized carbons (Fsp3) is 0.667. The zero-order valence-corrected chi connectivity index (χ0v) is 13.0. The van der Waals surface area contributed by atoms with Crippen LogP contribution in [0.3, 0.4) is 0 Å². The maximum Gasteiger partial charge on any atom is 0.415 e. The number of rotatable bonds is 5. The van der Waals surface area contributed by atoms with E-state index in [9.17, 15) is 4.79 Å². The van der Waals surface area contributed by atoms with Gasteiger partial charge in [-0.05, 0) is 18.8 Å². The molecule has 0 atom stereocenters. The highest BCUT2D eigenvalue weighted by molar-refractivity contribution is 5.76. The maximum atomic E-state index is 11.9. The maximum absolute atomic E-state index is 11.9. The van der Waals surface area contributed by atoms with Gasteiger partial charge < -0.3 is 33.6 Å². The van der Waals surface area contributed by atoms with Gasteiger partial charge in [-0.3, -0.25) is 0 Å². The van der Waals surface area contributed by atoms with Gasteiger partial charge in [0.2, 0.25) is 0 Å². The van der Waals surface area contributed by atoms with Gasteiger partial charge in [0.25, 0.3) is 6.33 Å². The van der Waals surface area contributed by atoms with Crippen molar-refractivity contribution in [1.82, 2.24) is 9.47 Å². The van der Waals surface area contributed by atoms with E-state index in [4.69, 9.17) is 4.74 Å². The normalized spacial score (nSPS) is 14.1. The van der Waals surface area contributed by atoms with E-state index in [0.717, 1.165) is 12.5 Å². The van der Waals surface area contributed by atoms with E-state index in [0.29, 0.717) is 13.2 Å². The Morgan fingerprint density at radius 3 is 2.83 bits per heavy atom. The minimum Gasteiger partial charge on any atom is -1.00 e. The average Bonchev–Trinajstić information content (AvgIpc) is 3.04. The van der Waals surface area contributed by atoms with Gasteiger partial charge in [0, 0.05) is 20.2 Å². The largest absolute Gasteiger partial charge is 1.00 e.